The molecule has 0 aromatic heterocycles. The molecule has 4 heteroatoms. The molecule has 3 rings (SSSR count). The molecule has 3 aromatic carbocycles. The number of aryl methyl sites for hydroxylation is 1. The first-order valence-electron chi connectivity index (χ1n) is 7.50. The van der Waals surface area contributed by atoms with Crippen LogP contribution in [0.15, 0.2) is 60.7 Å². The molecule has 24 heavy (non-hydrogen) atoms. The highest BCUT2D eigenvalue weighted by molar-refractivity contribution is 6.30. The number of hydrogen-bond acceptors (Lipinski definition) is 2. The van der Waals surface area contributed by atoms with E-state index in [9.17, 15) is 4.39 Å². The third-order valence-electron chi connectivity index (χ3n) is 3.80. The predicted octanol–water partition coefficient (Wildman–Crippen LogP) is 6.20. The lowest BCUT2D eigenvalue weighted by Crippen LogP contribution is -1.97. The van der Waals surface area contributed by atoms with Crippen molar-refractivity contribution in [3.63, 3.8) is 0 Å². The zero-order valence-corrected chi connectivity index (χ0v) is 13.9. The summed E-state index contributed by atoms with van der Waals surface area (Å²) < 4.78 is 13.4. The maximum atomic E-state index is 13.4. The summed E-state index contributed by atoms with van der Waals surface area (Å²) in [7, 11) is 0. The maximum absolute atomic E-state index is 13.4. The molecule has 0 amide bonds. The number of halogens is 2. The van der Waals surface area contributed by atoms with Gasteiger partial charge in [-0.25, -0.2) is 4.39 Å². The summed E-state index contributed by atoms with van der Waals surface area (Å²) in [6.45, 7) is 1.72. The van der Waals surface area contributed by atoms with Crippen molar-refractivity contribution in [2.75, 3.05) is 5.32 Å². The molecule has 0 unspecified atom stereocenters. The number of rotatable bonds is 4. The monoisotopic (exact) mass is 338 g/mol. The van der Waals surface area contributed by atoms with Gasteiger partial charge in [0.15, 0.2) is 0 Å². The Morgan fingerprint density at radius 1 is 1.00 bits per heavy atom. The third kappa shape index (κ3) is 3.47. The van der Waals surface area contributed by atoms with Gasteiger partial charge in [-0.1, -0.05) is 29.8 Å². The van der Waals surface area contributed by atoms with Crippen LogP contribution >= 0.6 is 11.6 Å². The smallest absolute Gasteiger partial charge is 0.126 e. The molecule has 0 bridgehead atoms. The first-order chi connectivity index (χ1) is 11.6. The van der Waals surface area contributed by atoms with E-state index in [0.717, 1.165) is 28.1 Å². The van der Waals surface area contributed by atoms with Crippen molar-refractivity contribution >= 4 is 29.2 Å². The van der Waals surface area contributed by atoms with Crippen molar-refractivity contribution in [1.29, 1.82) is 5.41 Å². The fourth-order valence-corrected chi connectivity index (χ4v) is 2.71. The molecule has 0 heterocycles. The average molecular weight is 339 g/mol. The topological polar surface area (TPSA) is 35.9 Å². The molecule has 0 aliphatic heterocycles. The summed E-state index contributed by atoms with van der Waals surface area (Å²) in [6, 6.07) is 18.3. The lowest BCUT2D eigenvalue weighted by Gasteiger charge is -2.12. The third-order valence-corrected chi connectivity index (χ3v) is 4.04. The van der Waals surface area contributed by atoms with Crippen molar-refractivity contribution < 1.29 is 4.39 Å². The van der Waals surface area contributed by atoms with Crippen LogP contribution in [0, 0.1) is 18.2 Å². The van der Waals surface area contributed by atoms with Crippen molar-refractivity contribution in [3.05, 3.63) is 82.6 Å². The van der Waals surface area contributed by atoms with Crippen molar-refractivity contribution in [1.82, 2.24) is 0 Å². The van der Waals surface area contributed by atoms with E-state index >= 15 is 0 Å². The molecular weight excluding hydrogens is 323 g/mol. The Kier molecular flexibility index (Phi) is 4.63. The van der Waals surface area contributed by atoms with E-state index in [1.165, 1.54) is 12.3 Å². The fourth-order valence-electron chi connectivity index (χ4n) is 2.52. The largest absolute Gasteiger partial charge is 0.355 e. The Hall–Kier alpha value is -2.65. The molecular formula is C20H16ClFN2. The summed E-state index contributed by atoms with van der Waals surface area (Å²) >= 11 is 6.05. The van der Waals surface area contributed by atoms with Gasteiger partial charge in [0.05, 0.1) is 0 Å². The quantitative estimate of drug-likeness (QED) is 0.546. The van der Waals surface area contributed by atoms with E-state index in [4.69, 9.17) is 17.0 Å². The van der Waals surface area contributed by atoms with Crippen LogP contribution in [0.2, 0.25) is 5.02 Å². The Labute approximate surface area is 145 Å². The molecule has 3 aromatic rings. The molecule has 0 aliphatic rings. The molecule has 0 saturated heterocycles. The van der Waals surface area contributed by atoms with Crippen LogP contribution in [0.25, 0.3) is 11.1 Å². The number of anilines is 2. The highest BCUT2D eigenvalue weighted by Gasteiger charge is 2.06. The van der Waals surface area contributed by atoms with Gasteiger partial charge in [-0.3, -0.25) is 0 Å². The Bertz CT molecular complexity index is 906. The Morgan fingerprint density at radius 3 is 2.50 bits per heavy atom. The van der Waals surface area contributed by atoms with Gasteiger partial charge >= 0.3 is 0 Å². The lowest BCUT2D eigenvalue weighted by atomic mass is 10.0. The molecule has 0 spiro atoms. The molecule has 2 N–H and O–H groups in total. The predicted molar refractivity (Wildman–Crippen MR) is 99.2 cm³/mol. The summed E-state index contributed by atoms with van der Waals surface area (Å²) in [5.41, 5.74) is 4.88. The van der Waals surface area contributed by atoms with Crippen LogP contribution in [0.3, 0.4) is 0 Å². The SMILES string of the molecule is Cc1cc(Nc2ccc(-c3cccc(Cl)c3)cc2C=N)ccc1F. The molecule has 0 fully saturated rings. The number of nitrogens with one attached hydrogen (secondary N) is 2. The first-order valence-corrected chi connectivity index (χ1v) is 7.88. The van der Waals surface area contributed by atoms with E-state index < -0.39 is 0 Å². The minimum absolute atomic E-state index is 0.232. The highest BCUT2D eigenvalue weighted by atomic mass is 35.5. The molecule has 0 aliphatic carbocycles. The van der Waals surface area contributed by atoms with Gasteiger partial charge in [-0.05, 0) is 66.1 Å². The molecule has 0 atom stereocenters. The summed E-state index contributed by atoms with van der Waals surface area (Å²) in [5.74, 6) is -0.232. The molecule has 120 valence electrons. The van der Waals surface area contributed by atoms with E-state index in [0.29, 0.717) is 10.6 Å². The average Bonchev–Trinajstić information content (AvgIpc) is 2.58. The second-order valence-electron chi connectivity index (χ2n) is 5.55. The van der Waals surface area contributed by atoms with Gasteiger partial charge in [0.25, 0.3) is 0 Å². The summed E-state index contributed by atoms with van der Waals surface area (Å²) in [5, 5.41) is 11.6. The standard InChI is InChI=1S/C20H16ClFN2/c1-13-9-18(6-7-19(13)22)24-20-8-5-15(10-16(20)12-23)14-3-2-4-17(21)11-14/h2-12,23-24H,1H3. The van der Waals surface area contributed by atoms with Crippen LogP contribution in [0.1, 0.15) is 11.1 Å². The summed E-state index contributed by atoms with van der Waals surface area (Å²) in [4.78, 5) is 0. The van der Waals surface area contributed by atoms with E-state index in [2.05, 4.69) is 5.32 Å². The zero-order valence-electron chi connectivity index (χ0n) is 13.1. The van der Waals surface area contributed by atoms with E-state index in [1.54, 1.807) is 19.1 Å². The van der Waals surface area contributed by atoms with Crippen molar-refractivity contribution in [3.8, 4) is 11.1 Å². The minimum Gasteiger partial charge on any atom is -0.355 e. The van der Waals surface area contributed by atoms with E-state index in [-0.39, 0.29) is 5.82 Å². The van der Waals surface area contributed by atoms with Crippen LogP contribution in [-0.2, 0) is 0 Å². The van der Waals surface area contributed by atoms with Crippen LogP contribution in [0.5, 0.6) is 0 Å². The minimum atomic E-state index is -0.232. The van der Waals surface area contributed by atoms with Gasteiger partial charge in [0, 0.05) is 28.2 Å². The number of hydrogen-bond donors (Lipinski definition) is 2. The van der Waals surface area contributed by atoms with Gasteiger partial charge in [0.2, 0.25) is 0 Å². The van der Waals surface area contributed by atoms with Crippen LogP contribution in [-0.4, -0.2) is 6.21 Å². The van der Waals surface area contributed by atoms with Crippen molar-refractivity contribution in [2.24, 2.45) is 0 Å². The van der Waals surface area contributed by atoms with Gasteiger partial charge in [-0.15, -0.1) is 0 Å². The van der Waals surface area contributed by atoms with Crippen LogP contribution in [0.4, 0.5) is 15.8 Å². The van der Waals surface area contributed by atoms with Gasteiger partial charge < -0.3 is 10.7 Å². The normalized spacial score (nSPS) is 10.5. The van der Waals surface area contributed by atoms with Gasteiger partial charge in [-0.2, -0.15) is 0 Å². The lowest BCUT2D eigenvalue weighted by molar-refractivity contribution is 0.619. The van der Waals surface area contributed by atoms with Gasteiger partial charge in [0.1, 0.15) is 5.82 Å². The molecule has 0 radical (unpaired) electrons. The Morgan fingerprint density at radius 2 is 1.79 bits per heavy atom. The van der Waals surface area contributed by atoms with Crippen LogP contribution < -0.4 is 5.32 Å². The number of benzene rings is 3. The molecule has 2 nitrogen and oxygen atoms in total. The van der Waals surface area contributed by atoms with Crippen molar-refractivity contribution in [2.45, 2.75) is 6.92 Å². The maximum Gasteiger partial charge on any atom is 0.126 e. The summed E-state index contributed by atoms with van der Waals surface area (Å²) in [6.07, 6.45) is 1.30. The first kappa shape index (κ1) is 16.2. The second kappa shape index (κ2) is 6.85. The fraction of sp³-hybridized carbons (Fsp3) is 0.0500. The van der Waals surface area contributed by atoms with E-state index in [1.807, 2.05) is 42.5 Å². The zero-order chi connectivity index (χ0) is 17.1. The molecule has 0 saturated carbocycles. The highest BCUT2D eigenvalue weighted by Crippen LogP contribution is 2.28. The Balaban J connectivity index is 1.94. The second-order valence-corrected chi connectivity index (χ2v) is 5.98.